The van der Waals surface area contributed by atoms with E-state index in [1.807, 2.05) is 6.92 Å². The Kier molecular flexibility index (Phi) is 3.03. The lowest BCUT2D eigenvalue weighted by atomic mass is 10.1. The lowest BCUT2D eigenvalue weighted by molar-refractivity contribution is 0.278. The Balaban J connectivity index is 2.53. The van der Waals surface area contributed by atoms with Crippen LogP contribution in [0.15, 0.2) is 6.07 Å². The van der Waals surface area contributed by atoms with Gasteiger partial charge in [0.2, 0.25) is 0 Å². The maximum Gasteiger partial charge on any atom is 0.164 e. The maximum atomic E-state index is 9.19. The first-order chi connectivity index (χ1) is 7.24. The van der Waals surface area contributed by atoms with Crippen molar-refractivity contribution in [3.05, 3.63) is 22.2 Å². The van der Waals surface area contributed by atoms with Crippen LogP contribution in [0.3, 0.4) is 0 Å². The smallest absolute Gasteiger partial charge is 0.164 e. The Morgan fingerprint density at radius 2 is 2.13 bits per heavy atom. The van der Waals surface area contributed by atoms with Gasteiger partial charge >= 0.3 is 0 Å². The molecule has 1 N–H and O–H groups in total. The summed E-state index contributed by atoms with van der Waals surface area (Å²) >= 11 is 6.02. The van der Waals surface area contributed by atoms with E-state index in [0.717, 1.165) is 12.0 Å². The van der Waals surface area contributed by atoms with Gasteiger partial charge in [0.15, 0.2) is 11.5 Å². The highest BCUT2D eigenvalue weighted by atomic mass is 35.5. The van der Waals surface area contributed by atoms with Crippen molar-refractivity contribution in [2.45, 2.75) is 20.0 Å². The van der Waals surface area contributed by atoms with Crippen LogP contribution in [0, 0.1) is 6.92 Å². The average Bonchev–Trinajstić information content (AvgIpc) is 2.43. The fraction of sp³-hybridized carbons (Fsp3) is 0.455. The third-order valence-electron chi connectivity index (χ3n) is 2.51. The summed E-state index contributed by atoms with van der Waals surface area (Å²) in [7, 11) is 0. The molecule has 4 heteroatoms. The molecule has 1 aromatic rings. The molecule has 0 saturated carbocycles. The lowest BCUT2D eigenvalue weighted by Crippen LogP contribution is -1.99. The minimum absolute atomic E-state index is 0.0820. The summed E-state index contributed by atoms with van der Waals surface area (Å²) in [6.45, 7) is 3.08. The van der Waals surface area contributed by atoms with Gasteiger partial charge in [0.05, 0.1) is 24.8 Å². The molecule has 0 saturated heterocycles. The summed E-state index contributed by atoms with van der Waals surface area (Å²) in [5, 5.41) is 9.72. The summed E-state index contributed by atoms with van der Waals surface area (Å²) in [5.74, 6) is 1.38. The van der Waals surface area contributed by atoms with Crippen molar-refractivity contribution in [2.75, 3.05) is 13.2 Å². The quantitative estimate of drug-likeness (QED) is 0.802. The molecule has 0 bridgehead atoms. The van der Waals surface area contributed by atoms with E-state index in [1.165, 1.54) is 0 Å². The van der Waals surface area contributed by atoms with E-state index in [2.05, 4.69) is 0 Å². The van der Waals surface area contributed by atoms with Gasteiger partial charge in [-0.15, -0.1) is 0 Å². The summed E-state index contributed by atoms with van der Waals surface area (Å²) in [6.07, 6.45) is 0.861. The van der Waals surface area contributed by atoms with Gasteiger partial charge in [-0.2, -0.15) is 0 Å². The molecule has 0 unspecified atom stereocenters. The molecule has 0 amide bonds. The highest BCUT2D eigenvalue weighted by Gasteiger charge is 2.18. The lowest BCUT2D eigenvalue weighted by Gasteiger charge is -2.14. The molecule has 3 nitrogen and oxygen atoms in total. The van der Waals surface area contributed by atoms with Gasteiger partial charge < -0.3 is 14.6 Å². The second-order valence-corrected chi connectivity index (χ2v) is 3.90. The molecular weight excluding hydrogens is 216 g/mol. The summed E-state index contributed by atoms with van der Waals surface area (Å²) in [4.78, 5) is 0. The molecule has 2 rings (SSSR count). The summed E-state index contributed by atoms with van der Waals surface area (Å²) in [6, 6.07) is 1.71. The van der Waals surface area contributed by atoms with Crippen LogP contribution in [0.5, 0.6) is 11.5 Å². The first kappa shape index (κ1) is 10.6. The zero-order chi connectivity index (χ0) is 10.8. The zero-order valence-corrected chi connectivity index (χ0v) is 9.30. The van der Waals surface area contributed by atoms with Gasteiger partial charge in [-0.1, -0.05) is 11.6 Å². The van der Waals surface area contributed by atoms with Crippen molar-refractivity contribution in [3.63, 3.8) is 0 Å². The summed E-state index contributed by atoms with van der Waals surface area (Å²) < 4.78 is 11.1. The number of benzene rings is 1. The van der Waals surface area contributed by atoms with Crippen molar-refractivity contribution < 1.29 is 14.6 Å². The second-order valence-electron chi connectivity index (χ2n) is 3.50. The molecule has 1 aliphatic heterocycles. The van der Waals surface area contributed by atoms with E-state index >= 15 is 0 Å². The predicted octanol–water partition coefficient (Wildman–Crippen LogP) is 2.30. The monoisotopic (exact) mass is 228 g/mol. The predicted molar refractivity (Wildman–Crippen MR) is 57.7 cm³/mol. The first-order valence-corrected chi connectivity index (χ1v) is 5.30. The molecule has 0 atom stereocenters. The maximum absolute atomic E-state index is 9.19. The van der Waals surface area contributed by atoms with Gasteiger partial charge in [0.1, 0.15) is 0 Å². The van der Waals surface area contributed by atoms with Crippen LogP contribution >= 0.6 is 11.6 Å². The van der Waals surface area contributed by atoms with E-state index in [4.69, 9.17) is 21.1 Å². The SMILES string of the molecule is Cc1c(CO)c(Cl)cc2c1OCCCO2. The number of aliphatic hydroxyl groups excluding tert-OH is 1. The normalized spacial score (nSPS) is 14.9. The van der Waals surface area contributed by atoms with Crippen molar-refractivity contribution in [3.8, 4) is 11.5 Å². The highest BCUT2D eigenvalue weighted by molar-refractivity contribution is 6.31. The van der Waals surface area contributed by atoms with E-state index < -0.39 is 0 Å². The van der Waals surface area contributed by atoms with Crippen molar-refractivity contribution in [1.82, 2.24) is 0 Å². The van der Waals surface area contributed by atoms with Crippen LogP contribution in [0.2, 0.25) is 5.02 Å². The van der Waals surface area contributed by atoms with Crippen molar-refractivity contribution in [1.29, 1.82) is 0 Å². The number of fused-ring (bicyclic) bond motifs is 1. The van der Waals surface area contributed by atoms with Crippen LogP contribution in [-0.4, -0.2) is 18.3 Å². The Bertz CT molecular complexity index is 377. The molecule has 0 radical (unpaired) electrons. The van der Waals surface area contributed by atoms with Gasteiger partial charge in [-0.3, -0.25) is 0 Å². The minimum Gasteiger partial charge on any atom is -0.489 e. The Labute approximate surface area is 93.6 Å². The molecule has 0 spiro atoms. The number of hydrogen-bond acceptors (Lipinski definition) is 3. The van der Waals surface area contributed by atoms with E-state index in [-0.39, 0.29) is 6.61 Å². The topological polar surface area (TPSA) is 38.7 Å². The highest BCUT2D eigenvalue weighted by Crippen LogP contribution is 2.39. The van der Waals surface area contributed by atoms with E-state index in [1.54, 1.807) is 6.07 Å². The fourth-order valence-corrected chi connectivity index (χ4v) is 1.97. The van der Waals surface area contributed by atoms with Crippen LogP contribution < -0.4 is 9.47 Å². The Morgan fingerprint density at radius 1 is 1.40 bits per heavy atom. The second kappa shape index (κ2) is 4.29. The molecule has 1 heterocycles. The van der Waals surface area contributed by atoms with Crippen molar-refractivity contribution in [2.24, 2.45) is 0 Å². The van der Waals surface area contributed by atoms with Crippen molar-refractivity contribution >= 4 is 11.6 Å². The molecule has 0 aromatic heterocycles. The summed E-state index contributed by atoms with van der Waals surface area (Å²) in [5.41, 5.74) is 1.57. The number of aliphatic hydroxyl groups is 1. The Hall–Kier alpha value is -0.930. The standard InChI is InChI=1S/C11H13ClO3/c1-7-8(6-13)9(12)5-10-11(7)15-4-2-3-14-10/h5,13H,2-4,6H2,1H3. The van der Waals surface area contributed by atoms with Gasteiger partial charge in [0, 0.05) is 23.6 Å². The minimum atomic E-state index is -0.0820. The van der Waals surface area contributed by atoms with Crippen LogP contribution in [-0.2, 0) is 6.61 Å². The first-order valence-electron chi connectivity index (χ1n) is 4.92. The third kappa shape index (κ3) is 1.90. The molecule has 1 aliphatic rings. The van der Waals surface area contributed by atoms with E-state index in [0.29, 0.717) is 35.3 Å². The van der Waals surface area contributed by atoms with Gasteiger partial charge in [-0.25, -0.2) is 0 Å². The molecule has 0 fully saturated rings. The van der Waals surface area contributed by atoms with Gasteiger partial charge in [0.25, 0.3) is 0 Å². The van der Waals surface area contributed by atoms with Gasteiger partial charge in [-0.05, 0) is 6.92 Å². The fourth-order valence-electron chi connectivity index (χ4n) is 1.66. The number of hydrogen-bond donors (Lipinski definition) is 1. The van der Waals surface area contributed by atoms with Crippen LogP contribution in [0.25, 0.3) is 0 Å². The molecule has 0 aliphatic carbocycles. The van der Waals surface area contributed by atoms with Crippen LogP contribution in [0.1, 0.15) is 17.5 Å². The molecular formula is C11H13ClO3. The molecule has 15 heavy (non-hydrogen) atoms. The molecule has 82 valence electrons. The number of halogens is 1. The number of ether oxygens (including phenoxy) is 2. The molecule has 1 aromatic carbocycles. The average molecular weight is 229 g/mol. The zero-order valence-electron chi connectivity index (χ0n) is 8.55. The number of rotatable bonds is 1. The largest absolute Gasteiger partial charge is 0.489 e. The van der Waals surface area contributed by atoms with Crippen LogP contribution in [0.4, 0.5) is 0 Å². The third-order valence-corrected chi connectivity index (χ3v) is 2.85. The Morgan fingerprint density at radius 3 is 2.87 bits per heavy atom. The van der Waals surface area contributed by atoms with E-state index in [9.17, 15) is 5.11 Å².